The van der Waals surface area contributed by atoms with E-state index in [2.05, 4.69) is 24.5 Å². The number of carbonyl (C=O) groups excluding carboxylic acids is 3. The first-order chi connectivity index (χ1) is 21.2. The molecule has 0 spiro atoms. The van der Waals surface area contributed by atoms with Gasteiger partial charge in [-0.25, -0.2) is 4.79 Å². The molecule has 0 aromatic heterocycles. The lowest BCUT2D eigenvalue weighted by Crippen LogP contribution is -2.48. The highest BCUT2D eigenvalue weighted by atomic mass is 16.6. The molecule has 11 heteroatoms. The molecule has 0 saturated carbocycles. The number of nitrogens with one attached hydrogen (secondary N) is 2. The quantitative estimate of drug-likeness (QED) is 0.125. The maximum atomic E-state index is 12.8. The van der Waals surface area contributed by atoms with Crippen molar-refractivity contribution in [3.8, 4) is 11.5 Å². The second-order valence-electron chi connectivity index (χ2n) is 12.9. The number of esters is 1. The summed E-state index contributed by atoms with van der Waals surface area (Å²) in [6, 6.07) is 5.23. The first-order valence-corrected chi connectivity index (χ1v) is 16.0. The molecule has 0 unspecified atom stereocenters. The van der Waals surface area contributed by atoms with Crippen molar-refractivity contribution in [3.63, 3.8) is 0 Å². The average Bonchev–Trinajstić information content (AvgIpc) is 2.95. The lowest BCUT2D eigenvalue weighted by atomic mass is 9.82. The molecule has 1 rings (SSSR count). The second-order valence-corrected chi connectivity index (χ2v) is 12.9. The number of methoxy groups -OCH3 is 2. The van der Waals surface area contributed by atoms with E-state index in [9.17, 15) is 19.5 Å². The van der Waals surface area contributed by atoms with E-state index in [4.69, 9.17) is 23.7 Å². The van der Waals surface area contributed by atoms with Gasteiger partial charge in [0.25, 0.3) is 0 Å². The van der Waals surface area contributed by atoms with Crippen LogP contribution in [0.3, 0.4) is 0 Å². The number of hydrogen-bond acceptors (Lipinski definition) is 9. The van der Waals surface area contributed by atoms with Crippen LogP contribution in [0.4, 0.5) is 4.79 Å². The van der Waals surface area contributed by atoms with Crippen molar-refractivity contribution in [1.82, 2.24) is 10.6 Å². The fourth-order valence-electron chi connectivity index (χ4n) is 4.80. The van der Waals surface area contributed by atoms with Crippen LogP contribution in [-0.4, -0.2) is 81.4 Å². The molecule has 0 saturated heterocycles. The second kappa shape index (κ2) is 20.9. The largest absolute Gasteiger partial charge is 0.493 e. The highest BCUT2D eigenvalue weighted by Crippen LogP contribution is 2.32. The summed E-state index contributed by atoms with van der Waals surface area (Å²) in [5, 5.41) is 17.1. The summed E-state index contributed by atoms with van der Waals surface area (Å²) in [6.07, 6.45) is 1.77. The predicted molar refractivity (Wildman–Crippen MR) is 173 cm³/mol. The Morgan fingerprint density at radius 2 is 1.64 bits per heavy atom. The van der Waals surface area contributed by atoms with Crippen LogP contribution in [-0.2, 0) is 30.2 Å². The van der Waals surface area contributed by atoms with Gasteiger partial charge in [0.15, 0.2) is 11.5 Å². The van der Waals surface area contributed by atoms with E-state index >= 15 is 0 Å². The molecule has 0 heterocycles. The molecule has 4 atom stereocenters. The first-order valence-electron chi connectivity index (χ1n) is 16.0. The maximum absolute atomic E-state index is 12.8. The summed E-state index contributed by atoms with van der Waals surface area (Å²) in [5.41, 5.74) is 0.339. The molecule has 0 bridgehead atoms. The lowest BCUT2D eigenvalue weighted by Gasteiger charge is -2.32. The van der Waals surface area contributed by atoms with Crippen LogP contribution in [0.1, 0.15) is 86.1 Å². The van der Waals surface area contributed by atoms with E-state index in [0.29, 0.717) is 63.5 Å². The molecular weight excluding hydrogens is 580 g/mol. The Morgan fingerprint density at radius 1 is 0.933 bits per heavy atom. The molecule has 0 radical (unpaired) electrons. The number of alkyl carbamates (subject to hydrolysis) is 1. The van der Waals surface area contributed by atoms with Gasteiger partial charge in [0.1, 0.15) is 5.60 Å². The number of carbonyl (C=O) groups is 3. The topological polar surface area (TPSA) is 142 Å². The van der Waals surface area contributed by atoms with Gasteiger partial charge in [-0.05, 0) is 82.4 Å². The Morgan fingerprint density at radius 3 is 2.24 bits per heavy atom. The lowest BCUT2D eigenvalue weighted by molar-refractivity contribution is -0.141. The van der Waals surface area contributed by atoms with Gasteiger partial charge in [0.2, 0.25) is 5.91 Å². The molecule has 258 valence electrons. The number of rotatable bonds is 21. The van der Waals surface area contributed by atoms with E-state index in [1.54, 1.807) is 41.9 Å². The minimum atomic E-state index is -0.987. The standard InChI is InChI=1S/C34H58N2O9/c1-23(2)27(20-26-13-14-30(42-9)31(21-26)44-18-12-16-41-8)22-28(36-33(40)45-34(5,6)7)29(38)19-24(3)32(39)35-15-10-11-17-43-25(4)37/h13-14,21,23-24,27-29,38H,10-12,15-20,22H2,1-9H3,(H,35,39)(H,36,40)/t24-,27+,28+,29+/m1/s1. The average molecular weight is 639 g/mol. The molecular formula is C34H58N2O9. The maximum Gasteiger partial charge on any atom is 0.407 e. The van der Waals surface area contributed by atoms with Crippen LogP contribution < -0.4 is 20.1 Å². The highest BCUT2D eigenvalue weighted by Gasteiger charge is 2.31. The van der Waals surface area contributed by atoms with Gasteiger partial charge in [-0.3, -0.25) is 9.59 Å². The summed E-state index contributed by atoms with van der Waals surface area (Å²) in [4.78, 5) is 36.5. The number of amides is 2. The van der Waals surface area contributed by atoms with E-state index in [0.717, 1.165) is 12.0 Å². The molecule has 0 aliphatic carbocycles. The number of aliphatic hydroxyl groups is 1. The summed E-state index contributed by atoms with van der Waals surface area (Å²) < 4.78 is 27.0. The van der Waals surface area contributed by atoms with Gasteiger partial charge in [-0.2, -0.15) is 0 Å². The Labute approximate surface area is 270 Å². The molecule has 3 N–H and O–H groups in total. The molecule has 1 aromatic rings. The third-order valence-corrected chi connectivity index (χ3v) is 7.36. The van der Waals surface area contributed by atoms with Crippen molar-refractivity contribution in [2.75, 3.05) is 40.6 Å². The SMILES string of the molecule is COCCCOc1cc(C[C@@H](C[C@H](NC(=O)OC(C)(C)C)[C@@H](O)C[C@@H](C)C(=O)NCCCCOC(C)=O)C(C)C)ccc1OC. The smallest absolute Gasteiger partial charge is 0.407 e. The fourth-order valence-corrected chi connectivity index (χ4v) is 4.80. The fraction of sp³-hybridized carbons (Fsp3) is 0.735. The van der Waals surface area contributed by atoms with Crippen molar-refractivity contribution in [1.29, 1.82) is 0 Å². The Bertz CT molecular complexity index is 1030. The zero-order valence-electron chi connectivity index (χ0n) is 28.9. The molecule has 0 aliphatic heterocycles. The minimum absolute atomic E-state index is 0.0793. The summed E-state index contributed by atoms with van der Waals surface area (Å²) in [6.45, 7) is 14.6. The number of aliphatic hydroxyl groups excluding tert-OH is 1. The van der Waals surface area contributed by atoms with Crippen LogP contribution in [0.15, 0.2) is 18.2 Å². The van der Waals surface area contributed by atoms with Crippen molar-refractivity contribution in [2.45, 2.75) is 105 Å². The number of unbranched alkanes of at least 4 members (excludes halogenated alkanes) is 1. The van der Waals surface area contributed by atoms with Crippen LogP contribution in [0.25, 0.3) is 0 Å². The number of hydrogen-bond donors (Lipinski definition) is 3. The molecule has 11 nitrogen and oxygen atoms in total. The van der Waals surface area contributed by atoms with Crippen LogP contribution in [0.2, 0.25) is 0 Å². The predicted octanol–water partition coefficient (Wildman–Crippen LogP) is 5.06. The van der Waals surface area contributed by atoms with Crippen molar-refractivity contribution in [2.24, 2.45) is 17.8 Å². The van der Waals surface area contributed by atoms with E-state index in [1.807, 2.05) is 18.2 Å². The molecule has 1 aromatic carbocycles. The minimum Gasteiger partial charge on any atom is -0.493 e. The van der Waals surface area contributed by atoms with Gasteiger partial charge in [-0.15, -0.1) is 0 Å². The van der Waals surface area contributed by atoms with Gasteiger partial charge >= 0.3 is 12.1 Å². The van der Waals surface area contributed by atoms with Crippen LogP contribution >= 0.6 is 0 Å². The van der Waals surface area contributed by atoms with Gasteiger partial charge in [0, 0.05) is 39.5 Å². The Hall–Kier alpha value is -3.05. The molecule has 0 fully saturated rings. The first kappa shape index (κ1) is 40.0. The zero-order chi connectivity index (χ0) is 34.0. The van der Waals surface area contributed by atoms with Crippen LogP contribution in [0, 0.1) is 17.8 Å². The number of ether oxygens (including phenoxy) is 5. The van der Waals surface area contributed by atoms with Gasteiger partial charge in [0.05, 0.1) is 32.5 Å². The monoisotopic (exact) mass is 638 g/mol. The van der Waals surface area contributed by atoms with Crippen molar-refractivity contribution in [3.05, 3.63) is 23.8 Å². The van der Waals surface area contributed by atoms with Crippen molar-refractivity contribution >= 4 is 18.0 Å². The van der Waals surface area contributed by atoms with E-state index in [-0.39, 0.29) is 30.1 Å². The van der Waals surface area contributed by atoms with E-state index in [1.165, 1.54) is 6.92 Å². The van der Waals surface area contributed by atoms with Gasteiger partial charge < -0.3 is 39.4 Å². The summed E-state index contributed by atoms with van der Waals surface area (Å²) in [5.74, 6) is 0.601. The third kappa shape index (κ3) is 17.3. The zero-order valence-corrected chi connectivity index (χ0v) is 28.9. The highest BCUT2D eigenvalue weighted by molar-refractivity contribution is 5.78. The molecule has 0 aliphatic rings. The number of benzene rings is 1. The van der Waals surface area contributed by atoms with Crippen molar-refractivity contribution < 1.29 is 43.2 Å². The Balaban J connectivity index is 3.01. The van der Waals surface area contributed by atoms with Crippen LogP contribution in [0.5, 0.6) is 11.5 Å². The Kier molecular flexibility index (Phi) is 18.5. The normalized spacial score (nSPS) is 14.2. The summed E-state index contributed by atoms with van der Waals surface area (Å²) >= 11 is 0. The molecule has 45 heavy (non-hydrogen) atoms. The third-order valence-electron chi connectivity index (χ3n) is 7.36. The van der Waals surface area contributed by atoms with Gasteiger partial charge in [-0.1, -0.05) is 26.8 Å². The summed E-state index contributed by atoms with van der Waals surface area (Å²) in [7, 11) is 3.26. The van der Waals surface area contributed by atoms with E-state index < -0.39 is 29.8 Å². The molecule has 2 amide bonds.